The van der Waals surface area contributed by atoms with Crippen molar-refractivity contribution in [2.24, 2.45) is 5.41 Å². The van der Waals surface area contributed by atoms with Crippen molar-refractivity contribution in [1.29, 1.82) is 0 Å². The van der Waals surface area contributed by atoms with Crippen LogP contribution in [-0.4, -0.2) is 41.4 Å². The van der Waals surface area contributed by atoms with E-state index < -0.39 is 41.0 Å². The highest BCUT2D eigenvalue weighted by Crippen LogP contribution is 2.28. The van der Waals surface area contributed by atoms with Crippen molar-refractivity contribution in [2.45, 2.75) is 58.8 Å². The molecule has 224 valence electrons. The fourth-order valence-electron chi connectivity index (χ4n) is 4.29. The first-order valence-corrected chi connectivity index (χ1v) is 13.8. The van der Waals surface area contributed by atoms with Gasteiger partial charge in [-0.2, -0.15) is 0 Å². The van der Waals surface area contributed by atoms with Crippen LogP contribution in [0.5, 0.6) is 0 Å². The normalized spacial score (nSPS) is 13.4. The van der Waals surface area contributed by atoms with Gasteiger partial charge in [-0.3, -0.25) is 4.79 Å². The number of carbonyl (C=O) groups is 3. The number of alkyl carbamates (subject to hydrolysis) is 2. The van der Waals surface area contributed by atoms with Crippen LogP contribution in [0, 0.1) is 11.2 Å². The van der Waals surface area contributed by atoms with Gasteiger partial charge in [0.2, 0.25) is 0 Å². The van der Waals surface area contributed by atoms with Crippen LogP contribution in [0.2, 0.25) is 5.02 Å². The fraction of sp³-hybridized carbons (Fsp3) is 0.344. The first kappa shape index (κ1) is 32.4. The Labute approximate surface area is 250 Å². The minimum absolute atomic E-state index is 0.0361. The molecule has 3 aromatic carbocycles. The number of hydrogen-bond acceptors (Lipinski definition) is 5. The Morgan fingerprint density at radius 2 is 1.60 bits per heavy atom. The highest BCUT2D eigenvalue weighted by atomic mass is 35.5. The fourth-order valence-corrected chi connectivity index (χ4v) is 4.46. The Bertz CT molecular complexity index is 1380. The van der Waals surface area contributed by atoms with Crippen molar-refractivity contribution >= 4 is 29.8 Å². The molecule has 0 aromatic heterocycles. The number of ether oxygens (including phenoxy) is 2. The van der Waals surface area contributed by atoms with Gasteiger partial charge in [-0.15, -0.1) is 0 Å². The molecule has 0 saturated carbocycles. The minimum Gasteiger partial charge on any atom is -0.481 e. The number of nitrogens with one attached hydrogen (secondary N) is 2. The van der Waals surface area contributed by atoms with Crippen LogP contribution in [0.25, 0.3) is 11.1 Å². The average Bonchev–Trinajstić information content (AvgIpc) is 2.92. The molecule has 3 N–H and O–H groups in total. The number of aliphatic carboxylic acids is 1. The lowest BCUT2D eigenvalue weighted by Gasteiger charge is -2.31. The van der Waals surface area contributed by atoms with Gasteiger partial charge in [-0.05, 0) is 75.4 Å². The first-order chi connectivity index (χ1) is 19.7. The number of hydrogen-bond donors (Lipinski definition) is 3. The lowest BCUT2D eigenvalue weighted by atomic mass is 9.81. The third-order valence-corrected chi connectivity index (χ3v) is 6.68. The van der Waals surface area contributed by atoms with Gasteiger partial charge in [-0.1, -0.05) is 66.2 Å². The minimum atomic E-state index is -1.46. The molecular weight excluding hydrogens is 563 g/mol. The van der Waals surface area contributed by atoms with E-state index in [0.717, 1.165) is 11.1 Å². The van der Waals surface area contributed by atoms with Crippen molar-refractivity contribution in [3.05, 3.63) is 94.8 Å². The number of carboxylic acid groups (broad SMARTS) is 1. The van der Waals surface area contributed by atoms with Crippen LogP contribution in [0.3, 0.4) is 0 Å². The Morgan fingerprint density at radius 3 is 2.21 bits per heavy atom. The molecule has 0 bridgehead atoms. The Morgan fingerprint density at radius 1 is 0.929 bits per heavy atom. The summed E-state index contributed by atoms with van der Waals surface area (Å²) in [5, 5.41) is 15.8. The van der Waals surface area contributed by atoms with E-state index in [9.17, 15) is 23.9 Å². The van der Waals surface area contributed by atoms with E-state index in [-0.39, 0.29) is 26.0 Å². The van der Waals surface area contributed by atoms with Crippen molar-refractivity contribution in [1.82, 2.24) is 10.6 Å². The molecule has 0 saturated heterocycles. The number of carbonyl (C=O) groups excluding carboxylic acids is 2. The van der Waals surface area contributed by atoms with Gasteiger partial charge in [0.1, 0.15) is 18.0 Å². The summed E-state index contributed by atoms with van der Waals surface area (Å²) in [5.41, 5.74) is 0.294. The van der Waals surface area contributed by atoms with Gasteiger partial charge >= 0.3 is 18.2 Å². The molecule has 0 fully saturated rings. The number of benzene rings is 3. The maximum atomic E-state index is 14.4. The molecule has 0 aliphatic carbocycles. The van der Waals surface area contributed by atoms with Crippen LogP contribution >= 0.6 is 11.6 Å². The average molecular weight is 599 g/mol. The summed E-state index contributed by atoms with van der Waals surface area (Å²) in [6.45, 7) is 6.45. The number of carboxylic acids is 1. The number of halogens is 2. The molecule has 2 amide bonds. The zero-order valence-electron chi connectivity index (χ0n) is 24.1. The maximum absolute atomic E-state index is 14.4. The van der Waals surface area contributed by atoms with Crippen LogP contribution in [0.15, 0.2) is 72.8 Å². The zero-order chi connectivity index (χ0) is 30.9. The maximum Gasteiger partial charge on any atom is 0.407 e. The van der Waals surface area contributed by atoms with Crippen LogP contribution in [-0.2, 0) is 27.3 Å². The molecule has 0 spiro atoms. The van der Waals surface area contributed by atoms with E-state index in [1.54, 1.807) is 57.2 Å². The Hall–Kier alpha value is -4.11. The molecule has 2 atom stereocenters. The van der Waals surface area contributed by atoms with Crippen molar-refractivity contribution in [3.8, 4) is 11.1 Å². The first-order valence-electron chi connectivity index (χ1n) is 13.5. The Kier molecular flexibility index (Phi) is 10.9. The third kappa shape index (κ3) is 10.1. The highest BCUT2D eigenvalue weighted by Gasteiger charge is 2.37. The summed E-state index contributed by atoms with van der Waals surface area (Å²) in [4.78, 5) is 37.4. The van der Waals surface area contributed by atoms with E-state index >= 15 is 0 Å². The Balaban J connectivity index is 1.74. The standard InChI is InChI=1S/C32H36ClFN2O6/c1-31(2,3)42-30(40)36-25(16-21-10-12-23(13-11-21)26-17-24(33)14-15-27(26)34)18-32(4,28(37)38)20-35-29(39)41-19-22-8-6-5-7-9-22/h5-15,17,25H,16,18-20H2,1-4H3,(H,35,39)(H,36,40)(H,37,38). The third-order valence-electron chi connectivity index (χ3n) is 6.45. The second kappa shape index (κ2) is 14.2. The molecule has 10 heteroatoms. The molecule has 42 heavy (non-hydrogen) atoms. The predicted octanol–water partition coefficient (Wildman–Crippen LogP) is 6.99. The number of rotatable bonds is 11. The van der Waals surface area contributed by atoms with E-state index in [0.29, 0.717) is 16.1 Å². The zero-order valence-corrected chi connectivity index (χ0v) is 24.8. The number of amides is 2. The van der Waals surface area contributed by atoms with Gasteiger partial charge < -0.3 is 25.2 Å². The summed E-state index contributed by atoms with van der Waals surface area (Å²) >= 11 is 6.04. The summed E-state index contributed by atoms with van der Waals surface area (Å²) in [5.74, 6) is -1.57. The SMILES string of the molecule is CC(C)(C)OC(=O)NC(Cc1ccc(-c2cc(Cl)ccc2F)cc1)CC(C)(CNC(=O)OCc1ccccc1)C(=O)O. The molecule has 3 rings (SSSR count). The molecule has 0 aliphatic rings. The van der Waals surface area contributed by atoms with Gasteiger partial charge in [-0.25, -0.2) is 14.0 Å². The molecule has 0 radical (unpaired) electrons. The van der Waals surface area contributed by atoms with Crippen LogP contribution < -0.4 is 10.6 Å². The van der Waals surface area contributed by atoms with Gasteiger partial charge in [0.15, 0.2) is 0 Å². The molecule has 0 heterocycles. The smallest absolute Gasteiger partial charge is 0.407 e. The van der Waals surface area contributed by atoms with E-state index in [1.165, 1.54) is 25.1 Å². The largest absolute Gasteiger partial charge is 0.481 e. The lowest BCUT2D eigenvalue weighted by Crippen LogP contribution is -2.48. The second-order valence-electron chi connectivity index (χ2n) is 11.4. The van der Waals surface area contributed by atoms with E-state index in [4.69, 9.17) is 21.1 Å². The second-order valence-corrected chi connectivity index (χ2v) is 11.8. The van der Waals surface area contributed by atoms with Gasteiger partial charge in [0, 0.05) is 23.2 Å². The molecule has 2 unspecified atom stereocenters. The summed E-state index contributed by atoms with van der Waals surface area (Å²) in [7, 11) is 0. The van der Waals surface area contributed by atoms with Crippen LogP contribution in [0.4, 0.5) is 14.0 Å². The summed E-state index contributed by atoms with van der Waals surface area (Å²) < 4.78 is 25.0. The van der Waals surface area contributed by atoms with E-state index in [2.05, 4.69) is 10.6 Å². The topological polar surface area (TPSA) is 114 Å². The predicted molar refractivity (Wildman–Crippen MR) is 159 cm³/mol. The highest BCUT2D eigenvalue weighted by molar-refractivity contribution is 6.30. The van der Waals surface area contributed by atoms with Crippen molar-refractivity contribution in [2.75, 3.05) is 6.54 Å². The quantitative estimate of drug-likeness (QED) is 0.219. The summed E-state index contributed by atoms with van der Waals surface area (Å²) in [6, 6.07) is 19.7. The van der Waals surface area contributed by atoms with Gasteiger partial charge in [0.05, 0.1) is 5.41 Å². The monoisotopic (exact) mass is 598 g/mol. The summed E-state index contributed by atoms with van der Waals surface area (Å²) in [6.07, 6.45) is -1.25. The molecule has 0 aliphatic heterocycles. The van der Waals surface area contributed by atoms with Crippen LogP contribution in [0.1, 0.15) is 45.2 Å². The lowest BCUT2D eigenvalue weighted by molar-refractivity contribution is -0.148. The molecule has 8 nitrogen and oxygen atoms in total. The van der Waals surface area contributed by atoms with Crippen molar-refractivity contribution in [3.63, 3.8) is 0 Å². The molecular formula is C32H36ClFN2O6. The molecule has 3 aromatic rings. The van der Waals surface area contributed by atoms with E-state index in [1.807, 2.05) is 18.2 Å². The van der Waals surface area contributed by atoms with Gasteiger partial charge in [0.25, 0.3) is 0 Å². The van der Waals surface area contributed by atoms with Crippen molar-refractivity contribution < 1.29 is 33.4 Å².